The summed E-state index contributed by atoms with van der Waals surface area (Å²) in [6.45, 7) is 29.9. The van der Waals surface area contributed by atoms with Crippen LogP contribution in [0.5, 0.6) is 0 Å². The maximum Gasteiger partial charge on any atom is 0.332 e. The number of rotatable bonds is 27. The fourth-order valence-electron chi connectivity index (χ4n) is 4.56. The number of ketones is 2. The lowest BCUT2D eigenvalue weighted by molar-refractivity contribution is -0.278. The summed E-state index contributed by atoms with van der Waals surface area (Å²) in [6.07, 6.45) is 7.23. The number of carbonyl (C=O) groups is 4. The molecule has 0 saturated heterocycles. The van der Waals surface area contributed by atoms with E-state index < -0.39 is 11.4 Å². The molecule has 0 fully saturated rings. The molecule has 0 heterocycles. The molecule has 4 atom stereocenters. The third kappa shape index (κ3) is 40.8. The Bertz CT molecular complexity index is 805. The van der Waals surface area contributed by atoms with E-state index in [0.717, 1.165) is 32.3 Å². The van der Waals surface area contributed by atoms with Crippen molar-refractivity contribution in [2.45, 2.75) is 186 Å². The highest BCUT2D eigenvalue weighted by Crippen LogP contribution is 2.32. The molecule has 52 heavy (non-hydrogen) atoms. The minimum Gasteiger partial charge on any atom is -0.464 e. The van der Waals surface area contributed by atoms with Gasteiger partial charge in [0.05, 0.1) is 24.9 Å². The van der Waals surface area contributed by atoms with Gasteiger partial charge < -0.3 is 37.9 Å². The van der Waals surface area contributed by atoms with Crippen LogP contribution in [0.2, 0.25) is 0 Å². The second kappa shape index (κ2) is 40.2. The smallest absolute Gasteiger partial charge is 0.332 e. The largest absolute Gasteiger partial charge is 0.464 e. The lowest BCUT2D eigenvalue weighted by atomic mass is 9.92. The van der Waals surface area contributed by atoms with Crippen molar-refractivity contribution in [1.82, 2.24) is 0 Å². The van der Waals surface area contributed by atoms with E-state index in [1.807, 2.05) is 55.4 Å². The van der Waals surface area contributed by atoms with Crippen LogP contribution < -0.4 is 0 Å². The van der Waals surface area contributed by atoms with E-state index >= 15 is 0 Å². The molecular formula is C40H82O12. The van der Waals surface area contributed by atoms with Gasteiger partial charge in [-0.2, -0.15) is 0 Å². The first-order chi connectivity index (χ1) is 24.1. The van der Waals surface area contributed by atoms with Crippen molar-refractivity contribution in [2.75, 3.05) is 52.9 Å². The Labute approximate surface area is 319 Å². The molecule has 0 aliphatic rings. The van der Waals surface area contributed by atoms with E-state index in [1.54, 1.807) is 13.8 Å². The molecule has 0 spiro atoms. The summed E-state index contributed by atoms with van der Waals surface area (Å²) in [4.78, 5) is 44.3. The molecule has 4 unspecified atom stereocenters. The second-order valence-electron chi connectivity index (χ2n) is 12.1. The minimum absolute atomic E-state index is 0. The first kappa shape index (κ1) is 59.3. The molecule has 314 valence electrons. The van der Waals surface area contributed by atoms with E-state index in [0.29, 0.717) is 58.2 Å². The molecule has 0 aromatic rings. The average molecular weight is 755 g/mol. The monoisotopic (exact) mass is 755 g/mol. The van der Waals surface area contributed by atoms with Gasteiger partial charge in [0, 0.05) is 45.5 Å². The van der Waals surface area contributed by atoms with Crippen molar-refractivity contribution in [3.8, 4) is 0 Å². The highest BCUT2D eigenvalue weighted by molar-refractivity contribution is 5.79. The van der Waals surface area contributed by atoms with E-state index in [-0.39, 0.29) is 57.0 Å². The third-order valence-corrected chi connectivity index (χ3v) is 6.82. The van der Waals surface area contributed by atoms with Crippen LogP contribution in [-0.2, 0) is 57.1 Å². The first-order valence-corrected chi connectivity index (χ1v) is 19.2. The third-order valence-electron chi connectivity index (χ3n) is 6.82. The Balaban J connectivity index is -0.000000206. The van der Waals surface area contributed by atoms with E-state index in [4.69, 9.17) is 28.4 Å². The molecule has 0 bridgehead atoms. The Morgan fingerprint density at radius 3 is 1.44 bits per heavy atom. The predicted octanol–water partition coefficient (Wildman–Crippen LogP) is 8.83. The van der Waals surface area contributed by atoms with Crippen molar-refractivity contribution in [3.05, 3.63) is 0 Å². The summed E-state index contributed by atoms with van der Waals surface area (Å²) in [5.74, 6) is -1.15. The maximum absolute atomic E-state index is 11.9. The van der Waals surface area contributed by atoms with Gasteiger partial charge in [-0.3, -0.25) is 9.59 Å². The van der Waals surface area contributed by atoms with Crippen LogP contribution in [0.15, 0.2) is 0 Å². The van der Waals surface area contributed by atoms with Crippen molar-refractivity contribution in [1.29, 1.82) is 0 Å². The molecule has 0 radical (unpaired) electrons. The SMILES string of the molecule is C.CCCC(C)(CC(=O)CC)OC(C)(CCC)OCC(=O)CC.CCCC(C)OC(C)OCC.CCOCC(=O)OCC.CCOCC(=O)OCC. The van der Waals surface area contributed by atoms with E-state index in [9.17, 15) is 19.2 Å². The van der Waals surface area contributed by atoms with Crippen LogP contribution in [-0.4, -0.2) is 100 Å². The van der Waals surface area contributed by atoms with Gasteiger partial charge >= 0.3 is 11.9 Å². The van der Waals surface area contributed by atoms with Gasteiger partial charge in [0.25, 0.3) is 0 Å². The zero-order valence-electron chi connectivity index (χ0n) is 35.1. The molecule has 0 amide bonds. The lowest BCUT2D eigenvalue weighted by Gasteiger charge is -2.40. The zero-order chi connectivity index (χ0) is 40.1. The molecule has 12 heteroatoms. The molecular weight excluding hydrogens is 672 g/mol. The topological polar surface area (TPSA) is 142 Å². The first-order valence-electron chi connectivity index (χ1n) is 19.2. The Morgan fingerprint density at radius 1 is 0.596 bits per heavy atom. The highest BCUT2D eigenvalue weighted by atomic mass is 16.7. The summed E-state index contributed by atoms with van der Waals surface area (Å²) < 4.78 is 41.5. The molecule has 12 nitrogen and oxygen atoms in total. The molecule has 0 saturated carbocycles. The van der Waals surface area contributed by atoms with Gasteiger partial charge in [-0.15, -0.1) is 0 Å². The van der Waals surface area contributed by atoms with Gasteiger partial charge in [0.2, 0.25) is 0 Å². The van der Waals surface area contributed by atoms with Crippen LogP contribution in [0.3, 0.4) is 0 Å². The second-order valence-corrected chi connectivity index (χ2v) is 12.1. The fourth-order valence-corrected chi connectivity index (χ4v) is 4.56. The number of hydrogen-bond donors (Lipinski definition) is 0. The summed E-state index contributed by atoms with van der Waals surface area (Å²) in [7, 11) is 0. The van der Waals surface area contributed by atoms with Crippen molar-refractivity contribution < 1.29 is 57.1 Å². The molecule has 0 rings (SSSR count). The Morgan fingerprint density at radius 2 is 1.08 bits per heavy atom. The Hall–Kier alpha value is -1.96. The van der Waals surface area contributed by atoms with Crippen LogP contribution in [0, 0.1) is 0 Å². The van der Waals surface area contributed by atoms with Crippen molar-refractivity contribution in [3.63, 3.8) is 0 Å². The van der Waals surface area contributed by atoms with Gasteiger partial charge in [0.15, 0.2) is 17.9 Å². The molecule has 0 N–H and O–H groups in total. The molecule has 0 aliphatic heterocycles. The summed E-state index contributed by atoms with van der Waals surface area (Å²) in [5.41, 5.74) is -0.541. The number of ether oxygens (including phenoxy) is 8. The number of hydrogen-bond acceptors (Lipinski definition) is 12. The van der Waals surface area contributed by atoms with E-state index in [2.05, 4.69) is 37.2 Å². The summed E-state index contributed by atoms with van der Waals surface area (Å²) in [5, 5.41) is 0. The van der Waals surface area contributed by atoms with Crippen LogP contribution >= 0.6 is 0 Å². The lowest BCUT2D eigenvalue weighted by Crippen LogP contribution is -2.45. The highest BCUT2D eigenvalue weighted by Gasteiger charge is 2.37. The standard InChI is InChI=1S/C18H34O4.C9H20O2.2C6H12O3.CH4/c1-7-11-17(5,13-15(19)9-3)22-18(6,12-8-2)21-14-16(20)10-4;1-5-7-8(3)11-9(4)10-6-2;2*1-3-8-5-6(7)9-4-2;/h7-14H2,1-6H3;8-9H,5-7H2,1-4H3;2*3-5H2,1-2H3;1H4. The van der Waals surface area contributed by atoms with Gasteiger partial charge in [-0.25, -0.2) is 9.59 Å². The van der Waals surface area contributed by atoms with Crippen LogP contribution in [0.1, 0.15) is 162 Å². The summed E-state index contributed by atoms with van der Waals surface area (Å²) in [6, 6.07) is 0. The molecule has 0 aromatic heterocycles. The maximum atomic E-state index is 11.9. The number of esters is 2. The van der Waals surface area contributed by atoms with Crippen LogP contribution in [0.4, 0.5) is 0 Å². The normalized spacial score (nSPS) is 13.7. The number of carbonyl (C=O) groups excluding carboxylic acids is 4. The summed E-state index contributed by atoms with van der Waals surface area (Å²) >= 11 is 0. The van der Waals surface area contributed by atoms with Gasteiger partial charge in [-0.05, 0) is 75.2 Å². The molecule has 0 aliphatic carbocycles. The number of Topliss-reactive ketones (excluding diaryl/α,β-unsaturated/α-hetero) is 2. The zero-order valence-corrected chi connectivity index (χ0v) is 35.1. The minimum atomic E-state index is -0.822. The van der Waals surface area contributed by atoms with Gasteiger partial charge in [-0.1, -0.05) is 61.3 Å². The quantitative estimate of drug-likeness (QED) is 0.0584. The average Bonchev–Trinajstić information content (AvgIpc) is 3.06. The fraction of sp³-hybridized carbons (Fsp3) is 0.900. The predicted molar refractivity (Wildman–Crippen MR) is 208 cm³/mol. The Kier molecular flexibility index (Phi) is 45.9. The van der Waals surface area contributed by atoms with Gasteiger partial charge in [0.1, 0.15) is 25.6 Å². The van der Waals surface area contributed by atoms with Crippen LogP contribution in [0.25, 0.3) is 0 Å². The van der Waals surface area contributed by atoms with Crippen molar-refractivity contribution in [2.24, 2.45) is 0 Å². The molecule has 0 aromatic carbocycles. The van der Waals surface area contributed by atoms with E-state index in [1.165, 1.54) is 6.42 Å². The van der Waals surface area contributed by atoms with Crippen molar-refractivity contribution >= 4 is 23.5 Å².